The quantitative estimate of drug-likeness (QED) is 0.385. The Labute approximate surface area is 151 Å². The number of aliphatic imine (C=N–C) groups is 1. The van der Waals surface area contributed by atoms with Crippen LogP contribution in [0.25, 0.3) is 0 Å². The van der Waals surface area contributed by atoms with Crippen LogP contribution in [0.4, 0.5) is 0 Å². The summed E-state index contributed by atoms with van der Waals surface area (Å²) >= 11 is 6.29. The largest absolute Gasteiger partial charge is 0.395 e. The Bertz CT molecular complexity index is 583. The van der Waals surface area contributed by atoms with Gasteiger partial charge in [-0.1, -0.05) is 37.6 Å². The van der Waals surface area contributed by atoms with Gasteiger partial charge in [-0.2, -0.15) is 0 Å². The molecule has 0 fully saturated rings. The maximum Gasteiger partial charge on any atom is 0.267 e. The zero-order chi connectivity index (χ0) is 18.7. The number of hydrogen-bond donors (Lipinski definition) is 2. The molecule has 0 aliphatic carbocycles. The Morgan fingerprint density at radius 1 is 1.29 bits per heavy atom. The van der Waals surface area contributed by atoms with Crippen LogP contribution in [0.5, 0.6) is 0 Å². The van der Waals surface area contributed by atoms with E-state index in [9.17, 15) is 4.79 Å². The van der Waals surface area contributed by atoms with Crippen LogP contribution in [0.2, 0.25) is 0 Å². The van der Waals surface area contributed by atoms with Crippen LogP contribution < -0.4 is 11.1 Å². The number of amides is 1. The van der Waals surface area contributed by atoms with Gasteiger partial charge >= 0.3 is 0 Å². The molecule has 0 aromatic carbocycles. The van der Waals surface area contributed by atoms with Gasteiger partial charge in [0.05, 0.1) is 17.9 Å². The third-order valence-corrected chi connectivity index (χ3v) is 4.19. The standard InChI is InChI=1S/C19H30ClN3O/c1-7-10-16(20)14(5)15(6)18(22-11-13(4)8-2)12-23-19(24)17(21)9-3/h7,9-11,13H,8,12,21H2,1-6H3,(H,23,24)/b10-7-,16-14+,17-9-,18-15+,22-11?. The Balaban J connectivity index is 5.62. The van der Waals surface area contributed by atoms with Gasteiger partial charge < -0.3 is 11.1 Å². The minimum atomic E-state index is -0.303. The molecule has 1 amide bonds. The second-order valence-corrected chi connectivity index (χ2v) is 6.04. The van der Waals surface area contributed by atoms with Gasteiger partial charge in [0.1, 0.15) is 0 Å². The van der Waals surface area contributed by atoms with E-state index in [-0.39, 0.29) is 11.6 Å². The summed E-state index contributed by atoms with van der Waals surface area (Å²) in [4.78, 5) is 16.5. The Kier molecular flexibility index (Phi) is 10.8. The number of allylic oxidation sites excluding steroid dienone is 6. The second-order valence-electron chi connectivity index (χ2n) is 5.64. The smallest absolute Gasteiger partial charge is 0.267 e. The Morgan fingerprint density at radius 2 is 1.92 bits per heavy atom. The number of nitrogens with zero attached hydrogens (tertiary/aromatic N) is 1. The van der Waals surface area contributed by atoms with Gasteiger partial charge in [-0.05, 0) is 57.3 Å². The molecule has 0 aliphatic heterocycles. The van der Waals surface area contributed by atoms with Crippen LogP contribution >= 0.6 is 11.6 Å². The van der Waals surface area contributed by atoms with Crippen LogP contribution in [0.1, 0.15) is 48.0 Å². The molecule has 0 heterocycles. The summed E-state index contributed by atoms with van der Waals surface area (Å²) in [7, 11) is 0. The predicted octanol–water partition coefficient (Wildman–Crippen LogP) is 4.44. The molecule has 0 aromatic heterocycles. The lowest BCUT2D eigenvalue weighted by Gasteiger charge is -2.12. The van der Waals surface area contributed by atoms with Gasteiger partial charge in [0.2, 0.25) is 0 Å². The molecule has 1 unspecified atom stereocenters. The topological polar surface area (TPSA) is 67.5 Å². The van der Waals surface area contributed by atoms with Crippen molar-refractivity contribution < 1.29 is 4.79 Å². The molecule has 1 atom stereocenters. The fourth-order valence-corrected chi connectivity index (χ4v) is 1.93. The lowest BCUT2D eigenvalue weighted by atomic mass is 10.1. The van der Waals surface area contributed by atoms with E-state index in [0.29, 0.717) is 17.5 Å². The maximum absolute atomic E-state index is 11.9. The molecule has 4 nitrogen and oxygen atoms in total. The molecule has 0 bridgehead atoms. The summed E-state index contributed by atoms with van der Waals surface area (Å²) in [5, 5.41) is 3.45. The summed E-state index contributed by atoms with van der Waals surface area (Å²) in [5.74, 6) is 0.0575. The third-order valence-electron chi connectivity index (χ3n) is 3.78. The lowest BCUT2D eigenvalue weighted by Crippen LogP contribution is -2.30. The van der Waals surface area contributed by atoms with E-state index < -0.39 is 0 Å². The molecule has 134 valence electrons. The van der Waals surface area contributed by atoms with Crippen molar-refractivity contribution in [1.29, 1.82) is 0 Å². The van der Waals surface area contributed by atoms with Gasteiger partial charge in [0.25, 0.3) is 5.91 Å². The zero-order valence-electron chi connectivity index (χ0n) is 15.6. The Hall–Kier alpha value is -1.81. The molecule has 0 aliphatic rings. The van der Waals surface area contributed by atoms with Crippen LogP contribution in [-0.4, -0.2) is 18.7 Å². The number of carbonyl (C=O) groups excluding carboxylic acids is 1. The molecule has 0 aromatic rings. The van der Waals surface area contributed by atoms with E-state index in [0.717, 1.165) is 23.3 Å². The molecule has 0 spiro atoms. The van der Waals surface area contributed by atoms with E-state index in [1.165, 1.54) is 0 Å². The first-order valence-electron chi connectivity index (χ1n) is 8.21. The molecule has 0 saturated heterocycles. The average Bonchev–Trinajstić information content (AvgIpc) is 2.59. The highest BCUT2D eigenvalue weighted by Crippen LogP contribution is 2.22. The molecular formula is C19H30ClN3O. The minimum Gasteiger partial charge on any atom is -0.395 e. The molecule has 24 heavy (non-hydrogen) atoms. The first-order chi connectivity index (χ1) is 11.3. The predicted molar refractivity (Wildman–Crippen MR) is 105 cm³/mol. The monoisotopic (exact) mass is 351 g/mol. The maximum atomic E-state index is 11.9. The summed E-state index contributed by atoms with van der Waals surface area (Å²) in [6.07, 6.45) is 8.20. The number of rotatable bonds is 8. The van der Waals surface area contributed by atoms with Crippen molar-refractivity contribution >= 4 is 23.7 Å². The normalized spacial score (nSPS) is 16.2. The fraction of sp³-hybridized carbons (Fsp3) is 0.474. The van der Waals surface area contributed by atoms with Crippen molar-refractivity contribution in [1.82, 2.24) is 5.32 Å². The molecule has 0 saturated carbocycles. The molecule has 3 N–H and O–H groups in total. The summed E-state index contributed by atoms with van der Waals surface area (Å²) in [5.41, 5.74) is 8.46. The molecule has 0 radical (unpaired) electrons. The Morgan fingerprint density at radius 3 is 2.42 bits per heavy atom. The van der Waals surface area contributed by atoms with Crippen LogP contribution in [-0.2, 0) is 4.79 Å². The minimum absolute atomic E-state index is 0.192. The van der Waals surface area contributed by atoms with Gasteiger partial charge in [-0.3, -0.25) is 9.79 Å². The van der Waals surface area contributed by atoms with E-state index in [1.807, 2.05) is 39.1 Å². The number of halogens is 1. The first-order valence-corrected chi connectivity index (χ1v) is 8.59. The van der Waals surface area contributed by atoms with E-state index in [1.54, 1.807) is 13.0 Å². The summed E-state index contributed by atoms with van der Waals surface area (Å²) < 4.78 is 0. The van der Waals surface area contributed by atoms with Crippen molar-refractivity contribution in [3.8, 4) is 0 Å². The van der Waals surface area contributed by atoms with Crippen molar-refractivity contribution in [2.75, 3.05) is 6.54 Å². The van der Waals surface area contributed by atoms with E-state index in [4.69, 9.17) is 17.3 Å². The van der Waals surface area contributed by atoms with Crippen LogP contribution in [0, 0.1) is 5.92 Å². The van der Waals surface area contributed by atoms with Crippen LogP contribution in [0.3, 0.4) is 0 Å². The summed E-state index contributed by atoms with van der Waals surface area (Å²) in [6, 6.07) is 0. The van der Waals surface area contributed by atoms with Gasteiger partial charge in [0, 0.05) is 11.2 Å². The van der Waals surface area contributed by atoms with E-state index >= 15 is 0 Å². The highest BCUT2D eigenvalue weighted by atomic mass is 35.5. The van der Waals surface area contributed by atoms with Gasteiger partial charge in [0.15, 0.2) is 0 Å². The fourth-order valence-electron chi connectivity index (χ4n) is 1.66. The zero-order valence-corrected chi connectivity index (χ0v) is 16.4. The first kappa shape index (κ1) is 22.2. The molecule has 0 rings (SSSR count). The van der Waals surface area contributed by atoms with Crippen molar-refractivity contribution in [3.05, 3.63) is 45.8 Å². The number of carbonyl (C=O) groups is 1. The third kappa shape index (κ3) is 7.64. The molecular weight excluding hydrogens is 322 g/mol. The van der Waals surface area contributed by atoms with Crippen molar-refractivity contribution in [2.45, 2.75) is 48.0 Å². The average molecular weight is 352 g/mol. The lowest BCUT2D eigenvalue weighted by molar-refractivity contribution is -0.117. The highest BCUT2D eigenvalue weighted by Gasteiger charge is 2.10. The number of hydrogen-bond acceptors (Lipinski definition) is 3. The van der Waals surface area contributed by atoms with Crippen molar-refractivity contribution in [2.24, 2.45) is 16.6 Å². The highest BCUT2D eigenvalue weighted by molar-refractivity contribution is 6.31. The SMILES string of the molecule is C\C=C/C(Cl)=C(C)\C(C)=C(/CNC(=O)/C(N)=C/C)N=CC(C)CC. The van der Waals surface area contributed by atoms with Gasteiger partial charge in [-0.25, -0.2) is 0 Å². The number of nitrogens with one attached hydrogen (secondary N) is 1. The molecule has 5 heteroatoms. The number of nitrogens with two attached hydrogens (primary N) is 1. The van der Waals surface area contributed by atoms with Crippen LogP contribution in [0.15, 0.2) is 50.8 Å². The summed E-state index contributed by atoms with van der Waals surface area (Å²) in [6.45, 7) is 12.0. The van der Waals surface area contributed by atoms with Gasteiger partial charge in [-0.15, -0.1) is 0 Å². The van der Waals surface area contributed by atoms with E-state index in [2.05, 4.69) is 24.2 Å². The van der Waals surface area contributed by atoms with Crippen molar-refractivity contribution in [3.63, 3.8) is 0 Å². The second kappa shape index (κ2) is 11.7.